The molecule has 0 heterocycles. The minimum absolute atomic E-state index is 0.393. The topological polar surface area (TPSA) is 99.1 Å². The standard InChI is InChI=1S/C6H11N3O2/c7-4-9-3-1-2-5(8)6(10)11/h5,9H,1-3,8H2,(H,10,11)/t5-/m0/s1. The van der Waals surface area contributed by atoms with Crippen LogP contribution in [0.4, 0.5) is 0 Å². The maximum atomic E-state index is 10.2. The lowest BCUT2D eigenvalue weighted by Crippen LogP contribution is -2.30. The molecule has 5 heteroatoms. The molecule has 0 radical (unpaired) electrons. The van der Waals surface area contributed by atoms with Crippen molar-refractivity contribution < 1.29 is 9.90 Å². The third-order valence-corrected chi connectivity index (χ3v) is 1.21. The van der Waals surface area contributed by atoms with Crippen molar-refractivity contribution in [3.8, 4) is 6.19 Å². The van der Waals surface area contributed by atoms with Gasteiger partial charge in [0.2, 0.25) is 0 Å². The highest BCUT2D eigenvalue weighted by atomic mass is 16.4. The van der Waals surface area contributed by atoms with E-state index in [4.69, 9.17) is 16.1 Å². The number of nitrogens with one attached hydrogen (secondary N) is 1. The minimum atomic E-state index is -0.998. The summed E-state index contributed by atoms with van der Waals surface area (Å²) in [7, 11) is 0. The second-order valence-corrected chi connectivity index (χ2v) is 2.13. The lowest BCUT2D eigenvalue weighted by Gasteiger charge is -2.03. The van der Waals surface area contributed by atoms with Crippen molar-refractivity contribution in [3.05, 3.63) is 0 Å². The van der Waals surface area contributed by atoms with E-state index < -0.39 is 12.0 Å². The van der Waals surface area contributed by atoms with Crippen LogP contribution in [0.5, 0.6) is 0 Å². The van der Waals surface area contributed by atoms with E-state index in [1.165, 1.54) is 0 Å². The Hall–Kier alpha value is -1.28. The molecule has 0 bridgehead atoms. The largest absolute Gasteiger partial charge is 0.480 e. The third kappa shape index (κ3) is 5.18. The Balaban J connectivity index is 3.26. The van der Waals surface area contributed by atoms with Crippen LogP contribution >= 0.6 is 0 Å². The molecule has 0 aromatic rings. The Bertz CT molecular complexity index is 164. The van der Waals surface area contributed by atoms with Gasteiger partial charge in [-0.25, -0.2) is 0 Å². The zero-order valence-corrected chi connectivity index (χ0v) is 6.08. The first-order valence-corrected chi connectivity index (χ1v) is 3.29. The van der Waals surface area contributed by atoms with Gasteiger partial charge in [0.15, 0.2) is 6.19 Å². The molecule has 0 spiro atoms. The van der Waals surface area contributed by atoms with Gasteiger partial charge >= 0.3 is 5.97 Å². The van der Waals surface area contributed by atoms with Gasteiger partial charge in [0.1, 0.15) is 6.04 Å². The number of rotatable bonds is 5. The van der Waals surface area contributed by atoms with Gasteiger partial charge in [-0.05, 0) is 12.8 Å². The van der Waals surface area contributed by atoms with Crippen LogP contribution < -0.4 is 11.1 Å². The quantitative estimate of drug-likeness (QED) is 0.277. The molecule has 0 saturated carbocycles. The maximum absolute atomic E-state index is 10.2. The molecule has 0 aromatic carbocycles. The lowest BCUT2D eigenvalue weighted by atomic mass is 10.2. The summed E-state index contributed by atoms with van der Waals surface area (Å²) in [5, 5.41) is 18.8. The van der Waals surface area contributed by atoms with Gasteiger partial charge in [-0.2, -0.15) is 5.26 Å². The number of carboxylic acid groups (broad SMARTS) is 1. The third-order valence-electron chi connectivity index (χ3n) is 1.21. The number of carboxylic acids is 1. The van der Waals surface area contributed by atoms with Gasteiger partial charge in [-0.1, -0.05) is 0 Å². The van der Waals surface area contributed by atoms with E-state index in [1.807, 2.05) is 0 Å². The van der Waals surface area contributed by atoms with E-state index in [0.717, 1.165) is 0 Å². The molecule has 0 saturated heterocycles. The highest BCUT2D eigenvalue weighted by Crippen LogP contribution is 1.92. The highest BCUT2D eigenvalue weighted by Gasteiger charge is 2.09. The van der Waals surface area contributed by atoms with Crippen LogP contribution in [-0.2, 0) is 4.79 Å². The first kappa shape index (κ1) is 9.72. The Morgan fingerprint density at radius 3 is 2.91 bits per heavy atom. The van der Waals surface area contributed by atoms with Crippen molar-refractivity contribution in [2.75, 3.05) is 6.54 Å². The average Bonchev–Trinajstić information content (AvgIpc) is 1.97. The summed E-state index contributed by atoms with van der Waals surface area (Å²) >= 11 is 0. The molecule has 0 aromatic heterocycles. The molecule has 1 atom stereocenters. The molecule has 11 heavy (non-hydrogen) atoms. The van der Waals surface area contributed by atoms with Crippen LogP contribution in [0.1, 0.15) is 12.8 Å². The normalized spacial score (nSPS) is 11.6. The molecule has 0 rings (SSSR count). The molecule has 0 amide bonds. The Morgan fingerprint density at radius 1 is 1.82 bits per heavy atom. The lowest BCUT2D eigenvalue weighted by molar-refractivity contribution is -0.138. The van der Waals surface area contributed by atoms with Crippen molar-refractivity contribution in [1.29, 1.82) is 5.26 Å². The second kappa shape index (κ2) is 5.50. The maximum Gasteiger partial charge on any atom is 0.320 e. The van der Waals surface area contributed by atoms with Crippen LogP contribution in [0.15, 0.2) is 0 Å². The fourth-order valence-corrected chi connectivity index (χ4v) is 0.590. The van der Waals surface area contributed by atoms with E-state index in [0.29, 0.717) is 19.4 Å². The predicted molar refractivity (Wildman–Crippen MR) is 38.5 cm³/mol. The van der Waals surface area contributed by atoms with Gasteiger partial charge in [-0.3, -0.25) is 4.79 Å². The number of hydrogen-bond donors (Lipinski definition) is 3. The zero-order valence-electron chi connectivity index (χ0n) is 6.08. The molecule has 0 aliphatic rings. The first-order chi connectivity index (χ1) is 5.18. The SMILES string of the molecule is N#CNCCC[C@H](N)C(=O)O. The predicted octanol–water partition coefficient (Wildman–Crippen LogP) is -0.751. The zero-order chi connectivity index (χ0) is 8.69. The van der Waals surface area contributed by atoms with Crippen molar-refractivity contribution in [1.82, 2.24) is 5.32 Å². The average molecular weight is 157 g/mol. The van der Waals surface area contributed by atoms with Crippen molar-refractivity contribution >= 4 is 5.97 Å². The van der Waals surface area contributed by atoms with E-state index in [9.17, 15) is 4.79 Å². The van der Waals surface area contributed by atoms with Gasteiger partial charge in [0.05, 0.1) is 0 Å². The molecule has 4 N–H and O–H groups in total. The van der Waals surface area contributed by atoms with Crippen LogP contribution in [0.2, 0.25) is 0 Å². The molecule has 0 aliphatic heterocycles. The summed E-state index contributed by atoms with van der Waals surface area (Å²) in [5.41, 5.74) is 5.19. The summed E-state index contributed by atoms with van der Waals surface area (Å²) < 4.78 is 0. The summed E-state index contributed by atoms with van der Waals surface area (Å²) in [5.74, 6) is -0.998. The summed E-state index contributed by atoms with van der Waals surface area (Å²) in [4.78, 5) is 10.2. The minimum Gasteiger partial charge on any atom is -0.480 e. The fourth-order valence-electron chi connectivity index (χ4n) is 0.590. The molecule has 5 nitrogen and oxygen atoms in total. The number of nitriles is 1. The van der Waals surface area contributed by atoms with E-state index in [-0.39, 0.29) is 0 Å². The van der Waals surface area contributed by atoms with Crippen LogP contribution in [0, 0.1) is 11.5 Å². The smallest absolute Gasteiger partial charge is 0.320 e. The van der Waals surface area contributed by atoms with Crippen LogP contribution in [0.25, 0.3) is 0 Å². The molecule has 0 unspecified atom stereocenters. The monoisotopic (exact) mass is 157 g/mol. The highest BCUT2D eigenvalue weighted by molar-refractivity contribution is 5.72. The molecule has 0 aliphatic carbocycles. The van der Waals surface area contributed by atoms with Crippen molar-refractivity contribution in [3.63, 3.8) is 0 Å². The second-order valence-electron chi connectivity index (χ2n) is 2.13. The number of nitrogens with zero attached hydrogens (tertiary/aromatic N) is 1. The fraction of sp³-hybridized carbons (Fsp3) is 0.667. The van der Waals surface area contributed by atoms with Gasteiger partial charge in [0.25, 0.3) is 0 Å². The number of aliphatic carboxylic acids is 1. The van der Waals surface area contributed by atoms with Gasteiger partial charge in [0, 0.05) is 6.54 Å². The van der Waals surface area contributed by atoms with E-state index in [2.05, 4.69) is 5.32 Å². The van der Waals surface area contributed by atoms with Crippen LogP contribution in [-0.4, -0.2) is 23.7 Å². The van der Waals surface area contributed by atoms with Gasteiger partial charge in [-0.15, -0.1) is 0 Å². The summed E-state index contributed by atoms with van der Waals surface area (Å²) in [6.45, 7) is 0.484. The van der Waals surface area contributed by atoms with E-state index in [1.54, 1.807) is 6.19 Å². The molecular weight excluding hydrogens is 146 g/mol. The Kier molecular flexibility index (Phi) is 4.86. The number of carbonyl (C=O) groups is 1. The number of nitrogens with two attached hydrogens (primary N) is 1. The summed E-state index contributed by atoms with van der Waals surface area (Å²) in [6, 6.07) is -0.810. The van der Waals surface area contributed by atoms with E-state index >= 15 is 0 Å². The Labute approximate surface area is 64.8 Å². The molecular formula is C6H11N3O2. The van der Waals surface area contributed by atoms with Crippen molar-refractivity contribution in [2.24, 2.45) is 5.73 Å². The van der Waals surface area contributed by atoms with Crippen LogP contribution in [0.3, 0.4) is 0 Å². The Morgan fingerprint density at radius 2 is 2.45 bits per heavy atom. The summed E-state index contributed by atoms with van der Waals surface area (Å²) in [6.07, 6.45) is 2.72. The first-order valence-electron chi connectivity index (χ1n) is 3.29. The molecule has 0 fully saturated rings. The van der Waals surface area contributed by atoms with Crippen molar-refractivity contribution in [2.45, 2.75) is 18.9 Å². The van der Waals surface area contributed by atoms with Gasteiger partial charge < -0.3 is 16.2 Å². The molecule has 62 valence electrons. The number of hydrogen-bond acceptors (Lipinski definition) is 4.